The van der Waals surface area contributed by atoms with Crippen molar-refractivity contribution in [2.75, 3.05) is 13.1 Å². The monoisotopic (exact) mass is 254 g/mol. The van der Waals surface area contributed by atoms with Crippen molar-refractivity contribution in [1.82, 2.24) is 10.2 Å². The molecule has 1 aliphatic carbocycles. The van der Waals surface area contributed by atoms with Gasteiger partial charge in [-0.3, -0.25) is 0 Å². The number of carboxylic acid groups (broad SMARTS) is 1. The highest BCUT2D eigenvalue weighted by Gasteiger charge is 2.33. The lowest BCUT2D eigenvalue weighted by Gasteiger charge is -2.22. The number of urea groups is 1. The average Bonchev–Trinajstić information content (AvgIpc) is 2.99. The Hall–Kier alpha value is -1.26. The SMILES string of the molecule is O=C(O)C1CCCN1C(=O)NCCC1CCCC1. The molecule has 1 heterocycles. The van der Waals surface area contributed by atoms with Gasteiger partial charge in [-0.25, -0.2) is 9.59 Å². The van der Waals surface area contributed by atoms with Gasteiger partial charge >= 0.3 is 12.0 Å². The second kappa shape index (κ2) is 6.07. The second-order valence-corrected chi connectivity index (χ2v) is 5.36. The normalized spacial score (nSPS) is 24.4. The van der Waals surface area contributed by atoms with Gasteiger partial charge in [0.2, 0.25) is 0 Å². The van der Waals surface area contributed by atoms with Gasteiger partial charge in [0.15, 0.2) is 0 Å². The lowest BCUT2D eigenvalue weighted by atomic mass is 10.0. The van der Waals surface area contributed by atoms with Gasteiger partial charge in [-0.05, 0) is 25.2 Å². The standard InChI is InChI=1S/C13H22N2O3/c16-12(17)11-6-3-9-15(11)13(18)14-8-7-10-4-1-2-5-10/h10-11H,1-9H2,(H,14,18)(H,16,17). The fourth-order valence-corrected chi connectivity index (χ4v) is 3.05. The van der Waals surface area contributed by atoms with Crippen molar-refractivity contribution in [2.24, 2.45) is 5.92 Å². The molecule has 2 aliphatic rings. The third kappa shape index (κ3) is 3.15. The van der Waals surface area contributed by atoms with Crippen LogP contribution in [0.25, 0.3) is 0 Å². The van der Waals surface area contributed by atoms with Crippen LogP contribution in [0.15, 0.2) is 0 Å². The molecule has 18 heavy (non-hydrogen) atoms. The van der Waals surface area contributed by atoms with E-state index in [4.69, 9.17) is 5.11 Å². The highest BCUT2D eigenvalue weighted by molar-refractivity contribution is 5.83. The third-order valence-electron chi connectivity index (χ3n) is 4.10. The van der Waals surface area contributed by atoms with Crippen LogP contribution in [-0.2, 0) is 4.79 Å². The van der Waals surface area contributed by atoms with E-state index < -0.39 is 12.0 Å². The number of hydrogen-bond acceptors (Lipinski definition) is 2. The van der Waals surface area contributed by atoms with Gasteiger partial charge in [0.1, 0.15) is 6.04 Å². The molecule has 2 amide bonds. The second-order valence-electron chi connectivity index (χ2n) is 5.36. The first kappa shape index (κ1) is 13.2. The number of carbonyl (C=O) groups excluding carboxylic acids is 1. The summed E-state index contributed by atoms with van der Waals surface area (Å²) in [6, 6.07) is -0.839. The minimum absolute atomic E-state index is 0.210. The van der Waals surface area contributed by atoms with Crippen LogP contribution >= 0.6 is 0 Å². The number of likely N-dealkylation sites (tertiary alicyclic amines) is 1. The molecule has 5 heteroatoms. The zero-order valence-electron chi connectivity index (χ0n) is 10.7. The summed E-state index contributed by atoms with van der Waals surface area (Å²) in [5.74, 6) is -0.141. The number of amides is 2. The summed E-state index contributed by atoms with van der Waals surface area (Å²) in [6.45, 7) is 1.23. The smallest absolute Gasteiger partial charge is 0.326 e. The first-order valence-electron chi connectivity index (χ1n) is 6.96. The molecule has 0 aromatic rings. The third-order valence-corrected chi connectivity index (χ3v) is 4.10. The molecule has 2 rings (SSSR count). The van der Waals surface area contributed by atoms with Crippen LogP contribution < -0.4 is 5.32 Å². The lowest BCUT2D eigenvalue weighted by molar-refractivity contribution is -0.141. The van der Waals surface area contributed by atoms with Gasteiger partial charge in [0.25, 0.3) is 0 Å². The molecule has 0 spiro atoms. The Morgan fingerprint density at radius 2 is 1.89 bits per heavy atom. The largest absolute Gasteiger partial charge is 0.480 e. The molecular formula is C13H22N2O3. The Kier molecular flexibility index (Phi) is 4.44. The number of aliphatic carboxylic acids is 1. The number of carboxylic acids is 1. The van der Waals surface area contributed by atoms with Crippen molar-refractivity contribution in [1.29, 1.82) is 0 Å². The molecule has 2 N–H and O–H groups in total. The first-order valence-corrected chi connectivity index (χ1v) is 6.96. The van der Waals surface area contributed by atoms with Crippen molar-refractivity contribution >= 4 is 12.0 Å². The summed E-state index contributed by atoms with van der Waals surface area (Å²) < 4.78 is 0. The summed E-state index contributed by atoms with van der Waals surface area (Å²) in [7, 11) is 0. The van der Waals surface area contributed by atoms with Crippen LogP contribution in [0.4, 0.5) is 4.79 Å². The van der Waals surface area contributed by atoms with Gasteiger partial charge in [-0.15, -0.1) is 0 Å². The lowest BCUT2D eigenvalue weighted by Crippen LogP contribution is -2.46. The molecule has 0 aromatic heterocycles. The topological polar surface area (TPSA) is 69.6 Å². The average molecular weight is 254 g/mol. The zero-order chi connectivity index (χ0) is 13.0. The summed E-state index contributed by atoms with van der Waals surface area (Å²) in [6.07, 6.45) is 7.56. The van der Waals surface area contributed by atoms with Crippen molar-refractivity contribution < 1.29 is 14.7 Å². The number of nitrogens with one attached hydrogen (secondary N) is 1. The first-order chi connectivity index (χ1) is 8.68. The summed E-state index contributed by atoms with van der Waals surface area (Å²) in [4.78, 5) is 24.3. The zero-order valence-corrected chi connectivity index (χ0v) is 10.7. The van der Waals surface area contributed by atoms with E-state index in [1.165, 1.54) is 30.6 Å². The quantitative estimate of drug-likeness (QED) is 0.804. The molecule has 1 saturated heterocycles. The highest BCUT2D eigenvalue weighted by atomic mass is 16.4. The predicted molar refractivity (Wildman–Crippen MR) is 67.3 cm³/mol. The van der Waals surface area contributed by atoms with E-state index in [9.17, 15) is 9.59 Å². The summed E-state index contributed by atoms with van der Waals surface area (Å²) in [5, 5.41) is 11.9. The Morgan fingerprint density at radius 3 is 2.56 bits per heavy atom. The van der Waals surface area contributed by atoms with Crippen LogP contribution in [-0.4, -0.2) is 41.1 Å². The van der Waals surface area contributed by atoms with Crippen LogP contribution in [0.1, 0.15) is 44.9 Å². The number of hydrogen-bond donors (Lipinski definition) is 2. The Balaban J connectivity index is 1.71. The number of carbonyl (C=O) groups is 2. The molecule has 1 saturated carbocycles. The van der Waals surface area contributed by atoms with Gasteiger partial charge in [-0.2, -0.15) is 0 Å². The fourth-order valence-electron chi connectivity index (χ4n) is 3.05. The van der Waals surface area contributed by atoms with Crippen LogP contribution in [0.2, 0.25) is 0 Å². The van der Waals surface area contributed by atoms with Crippen molar-refractivity contribution in [3.8, 4) is 0 Å². The minimum Gasteiger partial charge on any atom is -0.480 e. The molecule has 1 unspecified atom stereocenters. The Labute approximate surface area is 108 Å². The van der Waals surface area contributed by atoms with Crippen molar-refractivity contribution in [3.63, 3.8) is 0 Å². The molecule has 0 radical (unpaired) electrons. The predicted octanol–water partition coefficient (Wildman–Crippen LogP) is 1.83. The molecule has 102 valence electrons. The van der Waals surface area contributed by atoms with E-state index >= 15 is 0 Å². The molecule has 2 fully saturated rings. The van der Waals surface area contributed by atoms with Crippen molar-refractivity contribution in [3.05, 3.63) is 0 Å². The Morgan fingerprint density at radius 1 is 1.17 bits per heavy atom. The van der Waals surface area contributed by atoms with E-state index in [1.54, 1.807) is 0 Å². The van der Waals surface area contributed by atoms with E-state index in [2.05, 4.69) is 5.32 Å². The molecule has 1 atom stereocenters. The van der Waals surface area contributed by atoms with Gasteiger partial charge in [-0.1, -0.05) is 25.7 Å². The van der Waals surface area contributed by atoms with Crippen LogP contribution in [0.3, 0.4) is 0 Å². The van der Waals surface area contributed by atoms with Gasteiger partial charge in [0, 0.05) is 13.1 Å². The summed E-state index contributed by atoms with van der Waals surface area (Å²) in [5.41, 5.74) is 0. The highest BCUT2D eigenvalue weighted by Crippen LogP contribution is 2.27. The minimum atomic E-state index is -0.890. The number of rotatable bonds is 4. The Bertz CT molecular complexity index is 313. The maximum absolute atomic E-state index is 11.9. The van der Waals surface area contributed by atoms with E-state index in [0.717, 1.165) is 18.8 Å². The van der Waals surface area contributed by atoms with E-state index in [-0.39, 0.29) is 6.03 Å². The van der Waals surface area contributed by atoms with Gasteiger partial charge < -0.3 is 15.3 Å². The molecule has 0 bridgehead atoms. The molecular weight excluding hydrogens is 232 g/mol. The van der Waals surface area contributed by atoms with E-state index in [1.807, 2.05) is 0 Å². The molecule has 5 nitrogen and oxygen atoms in total. The summed E-state index contributed by atoms with van der Waals surface area (Å²) >= 11 is 0. The fraction of sp³-hybridized carbons (Fsp3) is 0.846. The maximum Gasteiger partial charge on any atom is 0.326 e. The van der Waals surface area contributed by atoms with E-state index in [0.29, 0.717) is 19.5 Å². The van der Waals surface area contributed by atoms with Gasteiger partial charge in [0.05, 0.1) is 0 Å². The number of nitrogens with zero attached hydrogens (tertiary/aromatic N) is 1. The van der Waals surface area contributed by atoms with Crippen molar-refractivity contribution in [2.45, 2.75) is 51.0 Å². The molecule has 0 aromatic carbocycles. The molecule has 1 aliphatic heterocycles. The maximum atomic E-state index is 11.9. The van der Waals surface area contributed by atoms with Crippen LogP contribution in [0, 0.1) is 5.92 Å². The van der Waals surface area contributed by atoms with Crippen LogP contribution in [0.5, 0.6) is 0 Å².